The van der Waals surface area contributed by atoms with E-state index in [0.29, 0.717) is 6.04 Å². The van der Waals surface area contributed by atoms with Crippen molar-refractivity contribution in [2.75, 3.05) is 7.05 Å². The van der Waals surface area contributed by atoms with E-state index in [1.54, 1.807) is 0 Å². The van der Waals surface area contributed by atoms with Crippen LogP contribution < -0.4 is 5.73 Å². The van der Waals surface area contributed by atoms with Gasteiger partial charge in [0.2, 0.25) is 0 Å². The van der Waals surface area contributed by atoms with Crippen molar-refractivity contribution in [2.45, 2.75) is 37.4 Å². The lowest BCUT2D eigenvalue weighted by atomic mass is 9.97. The number of likely N-dealkylation sites (N-methyl/N-ethyl adjacent to an activating group) is 1. The molecule has 2 heteroatoms. The Hall–Kier alpha value is -0.0800. The summed E-state index contributed by atoms with van der Waals surface area (Å²) in [6.07, 6.45) is 3.96. The van der Waals surface area contributed by atoms with Crippen molar-refractivity contribution in [1.82, 2.24) is 4.90 Å². The number of nitrogens with zero attached hydrogens (tertiary/aromatic N) is 1. The summed E-state index contributed by atoms with van der Waals surface area (Å²) in [5, 5.41) is 0. The summed E-state index contributed by atoms with van der Waals surface area (Å²) < 4.78 is 0. The third kappa shape index (κ3) is 0.634. The second kappa shape index (κ2) is 1.70. The first-order valence-electron chi connectivity index (χ1n) is 3.76. The molecule has 2 rings (SSSR count). The molecule has 2 fully saturated rings. The van der Waals surface area contributed by atoms with E-state index in [-0.39, 0.29) is 0 Å². The van der Waals surface area contributed by atoms with Crippen LogP contribution in [0.3, 0.4) is 0 Å². The summed E-state index contributed by atoms with van der Waals surface area (Å²) >= 11 is 0. The molecular weight excluding hydrogens is 112 g/mol. The van der Waals surface area contributed by atoms with Crippen LogP contribution in [0.5, 0.6) is 0 Å². The van der Waals surface area contributed by atoms with Gasteiger partial charge in [0.25, 0.3) is 0 Å². The predicted octanol–water partition coefficient (Wildman–Crippen LogP) is 0.180. The fourth-order valence-electron chi connectivity index (χ4n) is 2.31. The van der Waals surface area contributed by atoms with Gasteiger partial charge in [-0.1, -0.05) is 0 Å². The molecule has 2 saturated heterocycles. The molecule has 0 aromatic rings. The Bertz CT molecular complexity index is 124. The fraction of sp³-hybridized carbons (Fsp3) is 1.00. The minimum atomic E-state index is 0.480. The van der Waals surface area contributed by atoms with E-state index < -0.39 is 0 Å². The highest BCUT2D eigenvalue weighted by molar-refractivity contribution is 5.00. The zero-order valence-electron chi connectivity index (χ0n) is 5.88. The highest BCUT2D eigenvalue weighted by atomic mass is 15.2. The average molecular weight is 126 g/mol. The molecule has 2 N–H and O–H groups in total. The zero-order chi connectivity index (χ0) is 6.43. The lowest BCUT2D eigenvalue weighted by molar-refractivity contribution is 0.307. The molecular formula is C7H14N2. The van der Waals surface area contributed by atoms with Crippen LogP contribution in [0.25, 0.3) is 0 Å². The van der Waals surface area contributed by atoms with Crippen LogP contribution >= 0.6 is 0 Å². The van der Waals surface area contributed by atoms with Gasteiger partial charge in [0, 0.05) is 18.1 Å². The highest BCUT2D eigenvalue weighted by Crippen LogP contribution is 2.34. The molecule has 2 heterocycles. The first kappa shape index (κ1) is 5.69. The molecule has 0 saturated carbocycles. The smallest absolute Gasteiger partial charge is 0.0248 e. The molecule has 2 aliphatic heterocycles. The van der Waals surface area contributed by atoms with E-state index in [4.69, 9.17) is 5.73 Å². The molecule has 2 nitrogen and oxygen atoms in total. The summed E-state index contributed by atoms with van der Waals surface area (Å²) in [7, 11) is 2.20. The first-order valence-corrected chi connectivity index (χ1v) is 3.76. The molecule has 0 aromatic carbocycles. The SMILES string of the molecule is CN1[C@@H]2CC[C@H]1[C@@H](N)C2. The van der Waals surface area contributed by atoms with E-state index in [2.05, 4.69) is 11.9 Å². The molecule has 52 valence electrons. The van der Waals surface area contributed by atoms with Gasteiger partial charge in [-0.05, 0) is 26.3 Å². The molecule has 0 unspecified atom stereocenters. The summed E-state index contributed by atoms with van der Waals surface area (Å²) in [4.78, 5) is 2.45. The van der Waals surface area contributed by atoms with E-state index >= 15 is 0 Å². The second-order valence-corrected chi connectivity index (χ2v) is 3.36. The van der Waals surface area contributed by atoms with Crippen LogP contribution in [-0.4, -0.2) is 30.1 Å². The van der Waals surface area contributed by atoms with Gasteiger partial charge in [-0.15, -0.1) is 0 Å². The van der Waals surface area contributed by atoms with Crippen LogP contribution in [0, 0.1) is 0 Å². The van der Waals surface area contributed by atoms with E-state index in [1.165, 1.54) is 19.3 Å². The third-order valence-electron chi connectivity index (χ3n) is 2.93. The van der Waals surface area contributed by atoms with Crippen LogP contribution in [0.4, 0.5) is 0 Å². The van der Waals surface area contributed by atoms with Crippen molar-refractivity contribution >= 4 is 0 Å². The van der Waals surface area contributed by atoms with Crippen LogP contribution in [0.1, 0.15) is 19.3 Å². The monoisotopic (exact) mass is 126 g/mol. The average Bonchev–Trinajstić information content (AvgIpc) is 2.25. The van der Waals surface area contributed by atoms with Crippen molar-refractivity contribution in [3.8, 4) is 0 Å². The predicted molar refractivity (Wildman–Crippen MR) is 37.2 cm³/mol. The van der Waals surface area contributed by atoms with E-state index in [9.17, 15) is 0 Å². The molecule has 9 heavy (non-hydrogen) atoms. The molecule has 0 aliphatic carbocycles. The molecule has 2 bridgehead atoms. The number of nitrogens with two attached hydrogens (primary N) is 1. The van der Waals surface area contributed by atoms with Gasteiger partial charge >= 0.3 is 0 Å². The van der Waals surface area contributed by atoms with Gasteiger partial charge in [0.05, 0.1) is 0 Å². The molecule has 0 aromatic heterocycles. The Kier molecular flexibility index (Phi) is 1.08. The summed E-state index contributed by atoms with van der Waals surface area (Å²) in [6.45, 7) is 0. The molecule has 2 aliphatic rings. The minimum absolute atomic E-state index is 0.480. The molecule has 0 radical (unpaired) electrons. The second-order valence-electron chi connectivity index (χ2n) is 3.36. The minimum Gasteiger partial charge on any atom is -0.326 e. The number of hydrogen-bond donors (Lipinski definition) is 1. The standard InChI is InChI=1S/C7H14N2/c1-9-5-2-3-7(9)6(8)4-5/h5-7H,2-4,8H2,1H3/t5-,6+,7+/m1/s1. The summed E-state index contributed by atoms with van der Waals surface area (Å²) in [6, 6.07) is 2.02. The van der Waals surface area contributed by atoms with Crippen molar-refractivity contribution in [3.63, 3.8) is 0 Å². The van der Waals surface area contributed by atoms with E-state index in [1.807, 2.05) is 0 Å². The van der Waals surface area contributed by atoms with Gasteiger partial charge in [-0.3, -0.25) is 4.90 Å². The Balaban J connectivity index is 2.16. The van der Waals surface area contributed by atoms with Gasteiger partial charge in [-0.25, -0.2) is 0 Å². The summed E-state index contributed by atoms with van der Waals surface area (Å²) in [5.74, 6) is 0. The lowest BCUT2D eigenvalue weighted by Gasteiger charge is -2.16. The summed E-state index contributed by atoms with van der Waals surface area (Å²) in [5.41, 5.74) is 5.87. The highest BCUT2D eigenvalue weighted by Gasteiger charge is 2.41. The van der Waals surface area contributed by atoms with Crippen molar-refractivity contribution < 1.29 is 0 Å². The Labute approximate surface area is 56.0 Å². The number of rotatable bonds is 0. The fourth-order valence-corrected chi connectivity index (χ4v) is 2.31. The Morgan fingerprint density at radius 3 is 2.44 bits per heavy atom. The maximum absolute atomic E-state index is 5.87. The Morgan fingerprint density at radius 2 is 2.22 bits per heavy atom. The maximum atomic E-state index is 5.87. The largest absolute Gasteiger partial charge is 0.326 e. The topological polar surface area (TPSA) is 29.3 Å². The van der Waals surface area contributed by atoms with E-state index in [0.717, 1.165) is 12.1 Å². The molecule has 0 spiro atoms. The normalized spacial score (nSPS) is 50.7. The quantitative estimate of drug-likeness (QED) is 0.501. The first-order chi connectivity index (χ1) is 4.29. The van der Waals surface area contributed by atoms with Gasteiger partial charge in [-0.2, -0.15) is 0 Å². The van der Waals surface area contributed by atoms with Gasteiger partial charge < -0.3 is 5.73 Å². The Morgan fingerprint density at radius 1 is 1.44 bits per heavy atom. The van der Waals surface area contributed by atoms with Crippen LogP contribution in [0.15, 0.2) is 0 Å². The number of hydrogen-bond acceptors (Lipinski definition) is 2. The van der Waals surface area contributed by atoms with Crippen molar-refractivity contribution in [2.24, 2.45) is 5.73 Å². The van der Waals surface area contributed by atoms with Crippen LogP contribution in [-0.2, 0) is 0 Å². The van der Waals surface area contributed by atoms with Crippen LogP contribution in [0.2, 0.25) is 0 Å². The molecule has 0 amide bonds. The van der Waals surface area contributed by atoms with Crippen molar-refractivity contribution in [1.29, 1.82) is 0 Å². The van der Waals surface area contributed by atoms with Gasteiger partial charge in [0.1, 0.15) is 0 Å². The zero-order valence-corrected chi connectivity index (χ0v) is 5.88. The van der Waals surface area contributed by atoms with Gasteiger partial charge in [0.15, 0.2) is 0 Å². The maximum Gasteiger partial charge on any atom is 0.0248 e. The lowest BCUT2D eigenvalue weighted by Crippen LogP contribution is -2.34. The number of fused-ring (bicyclic) bond motifs is 2. The molecule has 3 atom stereocenters. The third-order valence-corrected chi connectivity index (χ3v) is 2.93. The van der Waals surface area contributed by atoms with Crippen molar-refractivity contribution in [3.05, 3.63) is 0 Å².